The first-order valence-electron chi connectivity index (χ1n) is 7.67. The van der Waals surface area contributed by atoms with E-state index in [1.54, 1.807) is 0 Å². The summed E-state index contributed by atoms with van der Waals surface area (Å²) < 4.78 is 38.4. The van der Waals surface area contributed by atoms with E-state index in [4.69, 9.17) is 0 Å². The van der Waals surface area contributed by atoms with Gasteiger partial charge in [0.1, 0.15) is 0 Å². The number of carboxylic acids is 1. The zero-order chi connectivity index (χ0) is 21.1. The van der Waals surface area contributed by atoms with Crippen molar-refractivity contribution in [3.05, 3.63) is 69.3 Å². The molecule has 0 aromatic heterocycles. The SMILES string of the molecule is CC(=O)Nc1ccc(/C=C(\C(=O)O)c2ccc(C(F)(F)F)cc2[N+](=O)[O-])cc1. The Labute approximate surface area is 156 Å². The van der Waals surface area contributed by atoms with E-state index in [1.165, 1.54) is 31.2 Å². The third kappa shape index (κ3) is 4.93. The summed E-state index contributed by atoms with van der Waals surface area (Å²) in [6.07, 6.45) is -3.72. The van der Waals surface area contributed by atoms with Crippen LogP contribution in [0.5, 0.6) is 0 Å². The molecule has 0 heterocycles. The Morgan fingerprint density at radius 3 is 2.21 bits per heavy atom. The van der Waals surface area contributed by atoms with Crippen LogP contribution in [-0.2, 0) is 15.8 Å². The van der Waals surface area contributed by atoms with Gasteiger partial charge >= 0.3 is 12.1 Å². The second-order valence-electron chi connectivity index (χ2n) is 5.65. The first-order chi connectivity index (χ1) is 13.0. The number of carbonyl (C=O) groups is 2. The molecule has 0 aliphatic rings. The Hall–Kier alpha value is -3.69. The minimum absolute atomic E-state index is 0.298. The molecule has 0 saturated carbocycles. The topological polar surface area (TPSA) is 110 Å². The van der Waals surface area contributed by atoms with Crippen LogP contribution in [-0.4, -0.2) is 21.9 Å². The average molecular weight is 394 g/mol. The second-order valence-corrected chi connectivity index (χ2v) is 5.65. The number of nitro groups is 1. The van der Waals surface area contributed by atoms with Gasteiger partial charge < -0.3 is 10.4 Å². The fourth-order valence-corrected chi connectivity index (χ4v) is 2.37. The molecule has 7 nitrogen and oxygen atoms in total. The molecule has 0 aliphatic heterocycles. The van der Waals surface area contributed by atoms with Gasteiger partial charge in [-0.2, -0.15) is 13.2 Å². The fraction of sp³-hybridized carbons (Fsp3) is 0.111. The standard InChI is InChI=1S/C18H13F3N2O5/c1-10(24)22-13-5-2-11(3-6-13)8-15(17(25)26)14-7-4-12(18(19,20)21)9-16(14)23(27)28/h2-9H,1H3,(H,22,24)(H,25,26)/b15-8-. The molecule has 28 heavy (non-hydrogen) atoms. The van der Waals surface area contributed by atoms with Crippen LogP contribution < -0.4 is 5.32 Å². The van der Waals surface area contributed by atoms with E-state index < -0.39 is 39.5 Å². The molecule has 2 N–H and O–H groups in total. The molecule has 0 saturated heterocycles. The van der Waals surface area contributed by atoms with E-state index in [2.05, 4.69) is 5.32 Å². The number of hydrogen-bond acceptors (Lipinski definition) is 4. The van der Waals surface area contributed by atoms with Crippen molar-refractivity contribution >= 4 is 34.9 Å². The average Bonchev–Trinajstić information content (AvgIpc) is 2.59. The molecule has 0 fully saturated rings. The van der Waals surface area contributed by atoms with Crippen LogP contribution in [0, 0.1) is 10.1 Å². The molecule has 2 aromatic rings. The number of benzene rings is 2. The van der Waals surface area contributed by atoms with Crippen molar-refractivity contribution in [3.8, 4) is 0 Å². The number of rotatable bonds is 5. The van der Waals surface area contributed by atoms with Gasteiger partial charge in [0.2, 0.25) is 5.91 Å². The van der Waals surface area contributed by atoms with Crippen LogP contribution in [0.25, 0.3) is 11.6 Å². The minimum Gasteiger partial charge on any atom is -0.478 e. The first kappa shape index (κ1) is 20.6. The van der Waals surface area contributed by atoms with Gasteiger partial charge in [0.15, 0.2) is 0 Å². The zero-order valence-corrected chi connectivity index (χ0v) is 14.3. The molecular weight excluding hydrogens is 381 g/mol. The largest absolute Gasteiger partial charge is 0.478 e. The maximum atomic E-state index is 12.8. The number of anilines is 1. The smallest absolute Gasteiger partial charge is 0.416 e. The summed E-state index contributed by atoms with van der Waals surface area (Å²) in [5, 5.41) is 23.1. The quantitative estimate of drug-likeness (QED) is 0.342. The molecule has 1 amide bonds. The van der Waals surface area contributed by atoms with Gasteiger partial charge in [-0.25, -0.2) is 4.79 Å². The predicted octanol–water partition coefficient (Wildman–Crippen LogP) is 4.20. The first-order valence-corrected chi connectivity index (χ1v) is 7.67. The number of amides is 1. The van der Waals surface area contributed by atoms with Crippen molar-refractivity contribution < 1.29 is 32.8 Å². The van der Waals surface area contributed by atoms with E-state index in [9.17, 15) is 38.0 Å². The molecule has 146 valence electrons. The molecule has 2 aromatic carbocycles. The van der Waals surface area contributed by atoms with Crippen molar-refractivity contribution in [1.29, 1.82) is 0 Å². The van der Waals surface area contributed by atoms with Gasteiger partial charge in [-0.15, -0.1) is 0 Å². The van der Waals surface area contributed by atoms with E-state index in [0.717, 1.165) is 12.1 Å². The summed E-state index contributed by atoms with van der Waals surface area (Å²) >= 11 is 0. The lowest BCUT2D eigenvalue weighted by Gasteiger charge is -2.10. The Kier molecular flexibility index (Phi) is 5.82. The minimum atomic E-state index is -4.81. The lowest BCUT2D eigenvalue weighted by Crippen LogP contribution is -2.08. The molecule has 0 aliphatic carbocycles. The van der Waals surface area contributed by atoms with Crippen LogP contribution in [0.2, 0.25) is 0 Å². The molecular formula is C18H13F3N2O5. The summed E-state index contributed by atoms with van der Waals surface area (Å²) in [5.74, 6) is -1.86. The maximum absolute atomic E-state index is 12.8. The maximum Gasteiger partial charge on any atom is 0.416 e. The van der Waals surface area contributed by atoms with Crippen molar-refractivity contribution in [2.45, 2.75) is 13.1 Å². The van der Waals surface area contributed by atoms with E-state index in [0.29, 0.717) is 23.4 Å². The number of hydrogen-bond donors (Lipinski definition) is 2. The Morgan fingerprint density at radius 2 is 1.75 bits per heavy atom. The lowest BCUT2D eigenvalue weighted by molar-refractivity contribution is -0.385. The number of halogens is 3. The highest BCUT2D eigenvalue weighted by Gasteiger charge is 2.34. The Bertz CT molecular complexity index is 966. The summed E-state index contributed by atoms with van der Waals surface area (Å²) in [4.78, 5) is 32.7. The molecule has 10 heteroatoms. The molecule has 0 atom stereocenters. The van der Waals surface area contributed by atoms with Crippen molar-refractivity contribution in [1.82, 2.24) is 0 Å². The number of nitrogens with one attached hydrogen (secondary N) is 1. The highest BCUT2D eigenvalue weighted by Crippen LogP contribution is 2.35. The summed E-state index contributed by atoms with van der Waals surface area (Å²) in [7, 11) is 0. The van der Waals surface area contributed by atoms with E-state index >= 15 is 0 Å². The van der Waals surface area contributed by atoms with Gasteiger partial charge in [0.05, 0.1) is 21.6 Å². The van der Waals surface area contributed by atoms with Crippen molar-refractivity contribution in [2.24, 2.45) is 0 Å². The molecule has 2 rings (SSSR count). The normalized spacial score (nSPS) is 11.8. The molecule has 0 unspecified atom stereocenters. The van der Waals surface area contributed by atoms with Crippen LogP contribution >= 0.6 is 0 Å². The number of carbonyl (C=O) groups excluding carboxylic acids is 1. The number of carboxylic acid groups (broad SMARTS) is 1. The van der Waals surface area contributed by atoms with Crippen LogP contribution in [0.3, 0.4) is 0 Å². The van der Waals surface area contributed by atoms with E-state index in [1.807, 2.05) is 0 Å². The summed E-state index contributed by atoms with van der Waals surface area (Å²) in [6, 6.07) is 7.49. The molecule has 0 bridgehead atoms. The van der Waals surface area contributed by atoms with Crippen molar-refractivity contribution in [2.75, 3.05) is 5.32 Å². The third-order valence-electron chi connectivity index (χ3n) is 3.58. The Morgan fingerprint density at radius 1 is 1.14 bits per heavy atom. The number of nitrogens with zero attached hydrogens (tertiary/aromatic N) is 1. The highest BCUT2D eigenvalue weighted by molar-refractivity contribution is 6.21. The molecule has 0 spiro atoms. The predicted molar refractivity (Wildman–Crippen MR) is 94.4 cm³/mol. The Balaban J connectivity index is 2.54. The van der Waals surface area contributed by atoms with Gasteiger partial charge in [-0.1, -0.05) is 12.1 Å². The van der Waals surface area contributed by atoms with Gasteiger partial charge in [-0.05, 0) is 35.9 Å². The van der Waals surface area contributed by atoms with E-state index in [-0.39, 0.29) is 5.91 Å². The monoisotopic (exact) mass is 394 g/mol. The highest BCUT2D eigenvalue weighted by atomic mass is 19.4. The summed E-state index contributed by atoms with van der Waals surface area (Å²) in [5.41, 5.74) is -2.47. The third-order valence-corrected chi connectivity index (χ3v) is 3.58. The van der Waals surface area contributed by atoms with Crippen LogP contribution in [0.15, 0.2) is 42.5 Å². The van der Waals surface area contributed by atoms with Gasteiger partial charge in [0, 0.05) is 18.7 Å². The lowest BCUT2D eigenvalue weighted by atomic mass is 9.99. The summed E-state index contributed by atoms with van der Waals surface area (Å²) in [6.45, 7) is 1.31. The number of nitro benzene ring substituents is 1. The second kappa shape index (κ2) is 7.91. The van der Waals surface area contributed by atoms with Gasteiger partial charge in [0.25, 0.3) is 5.69 Å². The number of alkyl halides is 3. The van der Waals surface area contributed by atoms with Gasteiger partial charge in [-0.3, -0.25) is 14.9 Å². The fourth-order valence-electron chi connectivity index (χ4n) is 2.37. The van der Waals surface area contributed by atoms with Crippen molar-refractivity contribution in [3.63, 3.8) is 0 Å². The number of aliphatic carboxylic acids is 1. The van der Waals surface area contributed by atoms with Crippen LogP contribution in [0.1, 0.15) is 23.6 Å². The zero-order valence-electron chi connectivity index (χ0n) is 14.3. The van der Waals surface area contributed by atoms with Crippen LogP contribution in [0.4, 0.5) is 24.5 Å². The molecule has 0 radical (unpaired) electrons.